The average molecular weight is 415 g/mol. The molecule has 7 heteroatoms. The molecule has 0 radical (unpaired) electrons. The Morgan fingerprint density at radius 1 is 1.32 bits per heavy atom. The van der Waals surface area contributed by atoms with Gasteiger partial charge in [0.2, 0.25) is 0 Å². The van der Waals surface area contributed by atoms with Crippen molar-refractivity contribution in [2.24, 2.45) is 0 Å². The Morgan fingerprint density at radius 2 is 1.89 bits per heavy atom. The van der Waals surface area contributed by atoms with Crippen molar-refractivity contribution in [2.75, 3.05) is 0 Å². The van der Waals surface area contributed by atoms with Crippen molar-refractivity contribution in [2.45, 2.75) is 23.1 Å². The molecule has 0 aliphatic heterocycles. The average Bonchev–Trinajstić information content (AvgIpc) is 2.25. The van der Waals surface area contributed by atoms with Crippen LogP contribution in [0.2, 0.25) is 5.02 Å². The predicted molar refractivity (Wildman–Crippen MR) is 79.6 cm³/mol. The van der Waals surface area contributed by atoms with E-state index in [0.717, 1.165) is 12.1 Å². The Kier molecular flexibility index (Phi) is 5.53. The molecule has 0 heterocycles. The van der Waals surface area contributed by atoms with Crippen LogP contribution in [-0.4, -0.2) is 21.0 Å². The maximum absolute atomic E-state index is 13.2. The predicted octanol–water partition coefficient (Wildman–Crippen LogP) is 3.67. The van der Waals surface area contributed by atoms with Gasteiger partial charge in [-0.05, 0) is 32.0 Å². The lowest BCUT2D eigenvalue weighted by molar-refractivity contribution is -0.121. The molecule has 1 aromatic carbocycles. The van der Waals surface area contributed by atoms with Gasteiger partial charge in [0, 0.05) is 10.6 Å². The highest BCUT2D eigenvalue weighted by molar-refractivity contribution is 9.25. The molecule has 0 unspecified atom stereocenters. The number of ketones is 1. The van der Waals surface area contributed by atoms with Gasteiger partial charge in [0.25, 0.3) is 5.91 Å². The summed E-state index contributed by atoms with van der Waals surface area (Å²) < 4.78 is 12.6. The monoisotopic (exact) mass is 413 g/mol. The fourth-order valence-electron chi connectivity index (χ4n) is 1.38. The summed E-state index contributed by atoms with van der Waals surface area (Å²) in [6.45, 7) is 3.12. The molecule has 1 aromatic rings. The molecule has 1 rings (SSSR count). The van der Waals surface area contributed by atoms with Gasteiger partial charge in [-0.25, -0.2) is 4.39 Å². The van der Waals surface area contributed by atoms with Crippen LogP contribution in [0.5, 0.6) is 0 Å². The zero-order valence-electron chi connectivity index (χ0n) is 10.1. The Labute approximate surface area is 132 Å². The van der Waals surface area contributed by atoms with Gasteiger partial charge in [0.05, 0.1) is 5.54 Å². The number of halogens is 4. The molecule has 3 nitrogen and oxygen atoms in total. The van der Waals surface area contributed by atoms with Gasteiger partial charge >= 0.3 is 0 Å². The lowest BCUT2D eigenvalue weighted by Gasteiger charge is -2.25. The Hall–Kier alpha value is -0.460. The topological polar surface area (TPSA) is 46.2 Å². The molecular formula is C12H11Br2ClFNO2. The van der Waals surface area contributed by atoms with E-state index < -0.39 is 21.0 Å². The molecule has 19 heavy (non-hydrogen) atoms. The molecule has 104 valence electrons. The van der Waals surface area contributed by atoms with E-state index in [4.69, 9.17) is 11.6 Å². The van der Waals surface area contributed by atoms with Crippen molar-refractivity contribution in [3.8, 4) is 0 Å². The highest BCUT2D eigenvalue weighted by Gasteiger charge is 2.33. The third-order valence-electron chi connectivity index (χ3n) is 2.36. The van der Waals surface area contributed by atoms with Crippen LogP contribution in [0, 0.1) is 5.82 Å². The van der Waals surface area contributed by atoms with Crippen LogP contribution >= 0.6 is 43.5 Å². The molecule has 0 aromatic heterocycles. The van der Waals surface area contributed by atoms with Crippen molar-refractivity contribution >= 4 is 55.2 Å². The lowest BCUT2D eigenvalue weighted by atomic mass is 9.99. The Bertz CT molecular complexity index is 500. The number of carbonyl (C=O) groups excluding carboxylic acids is 2. The first kappa shape index (κ1) is 16.6. The van der Waals surface area contributed by atoms with E-state index in [0.29, 0.717) is 0 Å². The maximum atomic E-state index is 13.2. The molecule has 0 spiro atoms. The molecule has 0 saturated carbocycles. The van der Waals surface area contributed by atoms with E-state index in [1.54, 1.807) is 13.8 Å². The first-order valence-corrected chi connectivity index (χ1v) is 7.45. The van der Waals surface area contributed by atoms with Crippen LogP contribution < -0.4 is 5.32 Å². The summed E-state index contributed by atoms with van der Waals surface area (Å²) in [4.78, 5) is 23.8. The highest BCUT2D eigenvalue weighted by atomic mass is 79.9. The third-order valence-corrected chi connectivity index (χ3v) is 3.41. The minimum Gasteiger partial charge on any atom is -0.340 e. The van der Waals surface area contributed by atoms with Crippen LogP contribution in [0.15, 0.2) is 18.2 Å². The quantitative estimate of drug-likeness (QED) is 0.763. The molecule has 0 fully saturated rings. The maximum Gasteiger partial charge on any atom is 0.252 e. The molecule has 0 atom stereocenters. The molecular weight excluding hydrogens is 404 g/mol. The minimum atomic E-state index is -1.10. The Morgan fingerprint density at radius 3 is 2.37 bits per heavy atom. The van der Waals surface area contributed by atoms with Crippen molar-refractivity contribution < 1.29 is 14.0 Å². The number of nitrogens with one attached hydrogen (secondary N) is 1. The van der Waals surface area contributed by atoms with Gasteiger partial charge in [-0.2, -0.15) is 0 Å². The van der Waals surface area contributed by atoms with Crippen molar-refractivity contribution in [3.63, 3.8) is 0 Å². The number of benzene rings is 1. The van der Waals surface area contributed by atoms with Gasteiger partial charge in [-0.15, -0.1) is 0 Å². The summed E-state index contributed by atoms with van der Waals surface area (Å²) >= 11 is 11.8. The highest BCUT2D eigenvalue weighted by Crippen LogP contribution is 2.19. The van der Waals surface area contributed by atoms with E-state index in [9.17, 15) is 14.0 Å². The second-order valence-electron chi connectivity index (χ2n) is 4.40. The zero-order valence-corrected chi connectivity index (χ0v) is 14.1. The normalized spacial score (nSPS) is 11.5. The smallest absolute Gasteiger partial charge is 0.252 e. The van der Waals surface area contributed by atoms with Crippen molar-refractivity contribution in [1.29, 1.82) is 0 Å². The molecule has 0 aliphatic rings. The van der Waals surface area contributed by atoms with E-state index in [2.05, 4.69) is 37.2 Å². The standard InChI is InChI=1S/C12H11Br2ClFNO2/c1-12(2,9(18)10(13)14)17-11(19)6-3-7(15)5-8(16)4-6/h3-5,10H,1-2H3,(H,17,19). The number of hydrogen-bond donors (Lipinski definition) is 1. The number of carbonyl (C=O) groups is 2. The van der Waals surface area contributed by atoms with Crippen molar-refractivity contribution in [1.82, 2.24) is 5.32 Å². The van der Waals surface area contributed by atoms with Gasteiger partial charge in [-0.3, -0.25) is 9.59 Å². The van der Waals surface area contributed by atoms with Crippen molar-refractivity contribution in [3.05, 3.63) is 34.6 Å². The molecule has 0 saturated heterocycles. The van der Waals surface area contributed by atoms with Crippen LogP contribution in [0.4, 0.5) is 4.39 Å². The summed E-state index contributed by atoms with van der Waals surface area (Å²) in [6.07, 6.45) is 0. The van der Waals surface area contributed by atoms with Crippen LogP contribution in [0.25, 0.3) is 0 Å². The fraction of sp³-hybridized carbons (Fsp3) is 0.333. The van der Waals surface area contributed by atoms with Crippen LogP contribution in [0.3, 0.4) is 0 Å². The van der Waals surface area contributed by atoms with Gasteiger partial charge in [0.1, 0.15) is 9.55 Å². The largest absolute Gasteiger partial charge is 0.340 e. The van der Waals surface area contributed by atoms with Crippen LogP contribution in [0.1, 0.15) is 24.2 Å². The minimum absolute atomic E-state index is 0.0616. The number of alkyl halides is 2. The molecule has 1 N–H and O–H groups in total. The number of rotatable bonds is 4. The van der Waals surface area contributed by atoms with Gasteiger partial charge in [0.15, 0.2) is 5.78 Å². The number of Topliss-reactive ketones (excluding diaryl/α,β-unsaturated/α-hetero) is 1. The van der Waals surface area contributed by atoms with Gasteiger partial charge in [-0.1, -0.05) is 43.5 Å². The first-order chi connectivity index (χ1) is 8.63. The summed E-state index contributed by atoms with van der Waals surface area (Å²) in [7, 11) is 0. The summed E-state index contributed by atoms with van der Waals surface area (Å²) in [5, 5.41) is 2.65. The first-order valence-electron chi connectivity index (χ1n) is 5.24. The zero-order chi connectivity index (χ0) is 14.8. The second-order valence-corrected chi connectivity index (χ2v) is 7.90. The SMILES string of the molecule is CC(C)(NC(=O)c1cc(F)cc(Cl)c1)C(=O)C(Br)Br. The fourth-order valence-corrected chi connectivity index (χ4v) is 2.74. The van der Waals surface area contributed by atoms with E-state index in [1.165, 1.54) is 6.07 Å². The molecule has 0 bridgehead atoms. The summed E-state index contributed by atoms with van der Waals surface area (Å²) in [6, 6.07) is 3.49. The second kappa shape index (κ2) is 6.33. The molecule has 0 aliphatic carbocycles. The lowest BCUT2D eigenvalue weighted by Crippen LogP contribution is -2.51. The third kappa shape index (κ3) is 4.54. The van der Waals surface area contributed by atoms with Gasteiger partial charge < -0.3 is 5.32 Å². The molecule has 1 amide bonds. The number of hydrogen-bond acceptors (Lipinski definition) is 2. The summed E-state index contributed by atoms with van der Waals surface area (Å²) in [5.41, 5.74) is -1.04. The van der Waals surface area contributed by atoms with Crippen LogP contribution in [-0.2, 0) is 4.79 Å². The van der Waals surface area contributed by atoms with E-state index in [-0.39, 0.29) is 16.4 Å². The van der Waals surface area contributed by atoms with E-state index in [1.807, 2.05) is 0 Å². The Balaban J connectivity index is 2.93. The summed E-state index contributed by atoms with van der Waals surface area (Å²) in [5.74, 6) is -1.44. The number of amides is 1. The van der Waals surface area contributed by atoms with E-state index >= 15 is 0 Å².